The summed E-state index contributed by atoms with van der Waals surface area (Å²) in [6, 6.07) is 0. The topological polar surface area (TPSA) is 85.4 Å². The number of β-amino-alcohol motifs (C(OH)–C–C–N with tert-alkyl or cyclic N) is 1. The van der Waals surface area contributed by atoms with E-state index in [4.69, 9.17) is 5.11 Å². The van der Waals surface area contributed by atoms with E-state index in [2.05, 4.69) is 20.3 Å². The minimum absolute atomic E-state index is 0.0791. The van der Waals surface area contributed by atoms with Gasteiger partial charge in [-0.05, 0) is 13.0 Å². The van der Waals surface area contributed by atoms with E-state index in [0.717, 1.165) is 26.1 Å². The summed E-state index contributed by atoms with van der Waals surface area (Å²) in [4.78, 5) is 16.0. The number of hydrogen-bond acceptors (Lipinski definition) is 5. The summed E-state index contributed by atoms with van der Waals surface area (Å²) in [6.45, 7) is 3.95. The van der Waals surface area contributed by atoms with Crippen molar-refractivity contribution in [1.82, 2.24) is 25.2 Å². The molecule has 0 atom stereocenters. The van der Waals surface area contributed by atoms with Crippen molar-refractivity contribution < 1.29 is 9.90 Å². The van der Waals surface area contributed by atoms with E-state index in [1.165, 1.54) is 6.20 Å². The lowest BCUT2D eigenvalue weighted by molar-refractivity contribution is 0.0754. The first kappa shape index (κ1) is 12.0. The molecule has 0 radical (unpaired) electrons. The zero-order valence-corrected chi connectivity index (χ0v) is 9.67. The van der Waals surface area contributed by atoms with Gasteiger partial charge in [-0.25, -0.2) is 0 Å². The van der Waals surface area contributed by atoms with Gasteiger partial charge in [0.05, 0.1) is 12.8 Å². The summed E-state index contributed by atoms with van der Waals surface area (Å²) < 4.78 is 0. The molecule has 1 aromatic heterocycles. The molecular formula is C10H17N5O2. The van der Waals surface area contributed by atoms with Gasteiger partial charge in [0.1, 0.15) is 0 Å². The molecule has 94 valence electrons. The van der Waals surface area contributed by atoms with Crippen LogP contribution >= 0.6 is 0 Å². The van der Waals surface area contributed by atoms with Crippen LogP contribution in [0.4, 0.5) is 0 Å². The van der Waals surface area contributed by atoms with E-state index < -0.39 is 0 Å². The predicted octanol–water partition coefficient (Wildman–Crippen LogP) is -1.06. The van der Waals surface area contributed by atoms with Gasteiger partial charge in [-0.2, -0.15) is 15.4 Å². The van der Waals surface area contributed by atoms with E-state index in [0.29, 0.717) is 18.8 Å². The van der Waals surface area contributed by atoms with Crippen LogP contribution in [0.15, 0.2) is 6.20 Å². The molecule has 1 aliphatic heterocycles. The van der Waals surface area contributed by atoms with Crippen LogP contribution in [0.25, 0.3) is 0 Å². The van der Waals surface area contributed by atoms with Crippen LogP contribution in [-0.4, -0.2) is 75.6 Å². The predicted molar refractivity (Wildman–Crippen MR) is 60.4 cm³/mol. The van der Waals surface area contributed by atoms with Gasteiger partial charge in [0.15, 0.2) is 5.69 Å². The van der Waals surface area contributed by atoms with Gasteiger partial charge in [0.25, 0.3) is 5.91 Å². The summed E-state index contributed by atoms with van der Waals surface area (Å²) in [5.74, 6) is -0.0791. The molecule has 0 bridgehead atoms. The maximum absolute atomic E-state index is 12.0. The second kappa shape index (κ2) is 5.74. The van der Waals surface area contributed by atoms with Crippen molar-refractivity contribution >= 4 is 5.91 Å². The molecule has 17 heavy (non-hydrogen) atoms. The minimum atomic E-state index is -0.0791. The fraction of sp³-hybridized carbons (Fsp3) is 0.700. The molecule has 1 amide bonds. The molecule has 2 heterocycles. The Labute approximate surface area is 99.4 Å². The van der Waals surface area contributed by atoms with E-state index in [1.54, 1.807) is 4.90 Å². The molecule has 0 saturated carbocycles. The maximum atomic E-state index is 12.0. The summed E-state index contributed by atoms with van der Waals surface area (Å²) in [6.07, 6.45) is 2.36. The fourth-order valence-corrected chi connectivity index (χ4v) is 2.01. The molecule has 0 aliphatic carbocycles. The Morgan fingerprint density at radius 2 is 2.29 bits per heavy atom. The highest BCUT2D eigenvalue weighted by Gasteiger charge is 2.21. The first-order valence-electron chi connectivity index (χ1n) is 5.79. The monoisotopic (exact) mass is 239 g/mol. The summed E-state index contributed by atoms with van der Waals surface area (Å²) in [5.41, 5.74) is 0.362. The average Bonchev–Trinajstić information content (AvgIpc) is 2.76. The third-order valence-corrected chi connectivity index (χ3v) is 2.93. The molecule has 1 fully saturated rings. The Kier molecular flexibility index (Phi) is 4.05. The lowest BCUT2D eigenvalue weighted by Crippen LogP contribution is -2.36. The number of aromatic nitrogens is 3. The number of amides is 1. The Balaban J connectivity index is 1.92. The number of carbonyl (C=O) groups excluding carboxylic acids is 1. The second-order valence-electron chi connectivity index (χ2n) is 4.07. The number of aliphatic hydroxyl groups is 1. The van der Waals surface area contributed by atoms with E-state index in [1.807, 2.05) is 0 Å². The SMILES string of the molecule is O=C(c1cn[nH]n1)N1CCCN(CCO)CC1. The molecule has 0 unspecified atom stereocenters. The van der Waals surface area contributed by atoms with Gasteiger partial charge in [-0.1, -0.05) is 0 Å². The van der Waals surface area contributed by atoms with Crippen molar-refractivity contribution in [2.24, 2.45) is 0 Å². The molecule has 2 rings (SSSR count). The Hall–Kier alpha value is -1.47. The highest BCUT2D eigenvalue weighted by Crippen LogP contribution is 2.06. The van der Waals surface area contributed by atoms with Crippen molar-refractivity contribution in [3.8, 4) is 0 Å². The molecular weight excluding hydrogens is 222 g/mol. The maximum Gasteiger partial charge on any atom is 0.276 e. The summed E-state index contributed by atoms with van der Waals surface area (Å²) >= 11 is 0. The normalized spacial score (nSPS) is 18.1. The van der Waals surface area contributed by atoms with Crippen LogP contribution in [0.5, 0.6) is 0 Å². The molecule has 1 saturated heterocycles. The molecule has 7 heteroatoms. The zero-order valence-electron chi connectivity index (χ0n) is 9.67. The minimum Gasteiger partial charge on any atom is -0.395 e. The largest absolute Gasteiger partial charge is 0.395 e. The number of nitrogens with one attached hydrogen (secondary N) is 1. The second-order valence-corrected chi connectivity index (χ2v) is 4.07. The van der Waals surface area contributed by atoms with Crippen molar-refractivity contribution in [2.45, 2.75) is 6.42 Å². The number of H-pyrrole nitrogens is 1. The van der Waals surface area contributed by atoms with Crippen molar-refractivity contribution in [3.05, 3.63) is 11.9 Å². The van der Waals surface area contributed by atoms with Crippen molar-refractivity contribution in [3.63, 3.8) is 0 Å². The van der Waals surface area contributed by atoms with Crippen molar-refractivity contribution in [2.75, 3.05) is 39.3 Å². The highest BCUT2D eigenvalue weighted by atomic mass is 16.3. The summed E-state index contributed by atoms with van der Waals surface area (Å²) in [5, 5.41) is 18.8. The molecule has 0 spiro atoms. The van der Waals surface area contributed by atoms with Gasteiger partial charge in [-0.3, -0.25) is 9.69 Å². The number of aromatic amines is 1. The number of carbonyl (C=O) groups is 1. The third-order valence-electron chi connectivity index (χ3n) is 2.93. The van der Waals surface area contributed by atoms with E-state index in [9.17, 15) is 4.79 Å². The molecule has 0 aromatic carbocycles. The van der Waals surface area contributed by atoms with E-state index in [-0.39, 0.29) is 12.5 Å². The number of rotatable bonds is 3. The van der Waals surface area contributed by atoms with Crippen LogP contribution in [0.3, 0.4) is 0 Å². The average molecular weight is 239 g/mol. The van der Waals surface area contributed by atoms with Gasteiger partial charge in [0, 0.05) is 26.2 Å². The number of nitrogens with zero attached hydrogens (tertiary/aromatic N) is 4. The van der Waals surface area contributed by atoms with Crippen molar-refractivity contribution in [1.29, 1.82) is 0 Å². The van der Waals surface area contributed by atoms with Crippen LogP contribution < -0.4 is 0 Å². The van der Waals surface area contributed by atoms with Gasteiger partial charge in [-0.15, -0.1) is 0 Å². The molecule has 1 aromatic rings. The van der Waals surface area contributed by atoms with Crippen LogP contribution in [0.1, 0.15) is 16.9 Å². The van der Waals surface area contributed by atoms with E-state index >= 15 is 0 Å². The lowest BCUT2D eigenvalue weighted by Gasteiger charge is -2.20. The third kappa shape index (κ3) is 3.01. The molecule has 7 nitrogen and oxygen atoms in total. The fourth-order valence-electron chi connectivity index (χ4n) is 2.01. The van der Waals surface area contributed by atoms with Gasteiger partial charge >= 0.3 is 0 Å². The smallest absolute Gasteiger partial charge is 0.276 e. The number of aliphatic hydroxyl groups excluding tert-OH is 1. The first-order valence-corrected chi connectivity index (χ1v) is 5.79. The number of hydrogen-bond donors (Lipinski definition) is 2. The Morgan fingerprint density at radius 1 is 1.41 bits per heavy atom. The molecule has 1 aliphatic rings. The Morgan fingerprint density at radius 3 is 3.00 bits per heavy atom. The van der Waals surface area contributed by atoms with Crippen LogP contribution in [0, 0.1) is 0 Å². The summed E-state index contributed by atoms with van der Waals surface area (Å²) in [7, 11) is 0. The van der Waals surface area contributed by atoms with Crippen LogP contribution in [-0.2, 0) is 0 Å². The van der Waals surface area contributed by atoms with Crippen LogP contribution in [0.2, 0.25) is 0 Å². The van der Waals surface area contributed by atoms with Gasteiger partial charge < -0.3 is 10.0 Å². The lowest BCUT2D eigenvalue weighted by atomic mass is 10.3. The highest BCUT2D eigenvalue weighted by molar-refractivity contribution is 5.91. The quantitative estimate of drug-likeness (QED) is 0.702. The molecule has 2 N–H and O–H groups in total. The first-order chi connectivity index (χ1) is 8.31. The Bertz CT molecular complexity index is 354. The van der Waals surface area contributed by atoms with Gasteiger partial charge in [0.2, 0.25) is 0 Å². The zero-order chi connectivity index (χ0) is 12.1. The standard InChI is InChI=1S/C10H17N5O2/c16-7-6-14-2-1-3-15(5-4-14)10(17)9-8-11-13-12-9/h8,16H,1-7H2,(H,11,12,13).